The molecular formula is C19H24Cl2FN5O3. The van der Waals surface area contributed by atoms with Gasteiger partial charge in [-0.1, -0.05) is 23.2 Å². The van der Waals surface area contributed by atoms with Gasteiger partial charge in [0.15, 0.2) is 0 Å². The first kappa shape index (κ1) is 24.0. The van der Waals surface area contributed by atoms with Crippen LogP contribution in [0.4, 0.5) is 9.18 Å². The maximum absolute atomic E-state index is 13.9. The van der Waals surface area contributed by atoms with Gasteiger partial charge in [-0.3, -0.25) is 25.4 Å². The van der Waals surface area contributed by atoms with Crippen LogP contribution in [0.5, 0.6) is 0 Å². The van der Waals surface area contributed by atoms with E-state index >= 15 is 0 Å². The fourth-order valence-corrected chi connectivity index (χ4v) is 3.48. The zero-order valence-corrected chi connectivity index (χ0v) is 18.4. The smallest absolute Gasteiger partial charge is 0.415 e. The fourth-order valence-electron chi connectivity index (χ4n) is 2.99. The van der Waals surface area contributed by atoms with E-state index in [-0.39, 0.29) is 41.9 Å². The van der Waals surface area contributed by atoms with Gasteiger partial charge < -0.3 is 10.5 Å². The first-order valence-corrected chi connectivity index (χ1v) is 9.90. The summed E-state index contributed by atoms with van der Waals surface area (Å²) in [5.41, 5.74) is 4.34. The number of hydrogen-bond acceptors (Lipinski definition) is 6. The highest BCUT2D eigenvalue weighted by molar-refractivity contribution is 6.37. The number of carbonyl (C=O) groups is 2. The molecule has 1 unspecified atom stereocenters. The van der Waals surface area contributed by atoms with Crippen molar-refractivity contribution in [3.8, 4) is 0 Å². The maximum atomic E-state index is 13.9. The molecule has 8 nitrogen and oxygen atoms in total. The third-order valence-electron chi connectivity index (χ3n) is 4.47. The van der Waals surface area contributed by atoms with Crippen molar-refractivity contribution in [2.24, 2.45) is 5.73 Å². The van der Waals surface area contributed by atoms with E-state index in [1.807, 2.05) is 0 Å². The summed E-state index contributed by atoms with van der Waals surface area (Å²) in [6, 6.07) is 1.67. The summed E-state index contributed by atoms with van der Waals surface area (Å²) in [5.74, 6) is -1.73. The van der Waals surface area contributed by atoms with Crippen LogP contribution in [0.1, 0.15) is 32.8 Å². The van der Waals surface area contributed by atoms with Gasteiger partial charge in [-0.25, -0.2) is 9.18 Å². The first-order valence-electron chi connectivity index (χ1n) is 9.14. The van der Waals surface area contributed by atoms with Gasteiger partial charge in [-0.2, -0.15) is 0 Å². The van der Waals surface area contributed by atoms with Crippen molar-refractivity contribution < 1.29 is 18.7 Å². The molecule has 1 aliphatic heterocycles. The van der Waals surface area contributed by atoms with Gasteiger partial charge in [-0.05, 0) is 32.9 Å². The highest BCUT2D eigenvalue weighted by Gasteiger charge is 2.38. The van der Waals surface area contributed by atoms with Crippen molar-refractivity contribution in [2.45, 2.75) is 45.4 Å². The van der Waals surface area contributed by atoms with Crippen molar-refractivity contribution in [1.29, 1.82) is 10.8 Å². The molecule has 1 aromatic rings. The van der Waals surface area contributed by atoms with Gasteiger partial charge in [0.25, 0.3) is 5.91 Å². The number of amides is 2. The average molecular weight is 460 g/mol. The number of ether oxygens (including phenoxy) is 1. The van der Waals surface area contributed by atoms with E-state index in [0.29, 0.717) is 5.56 Å². The largest absolute Gasteiger partial charge is 0.443 e. The van der Waals surface area contributed by atoms with E-state index in [0.717, 1.165) is 11.0 Å². The highest BCUT2D eigenvalue weighted by atomic mass is 35.5. The minimum absolute atomic E-state index is 0.0523. The first-order chi connectivity index (χ1) is 13.8. The number of amidine groups is 1. The van der Waals surface area contributed by atoms with E-state index in [9.17, 15) is 14.0 Å². The second-order valence-corrected chi connectivity index (χ2v) is 8.66. The molecule has 1 heterocycles. The average Bonchev–Trinajstić information content (AvgIpc) is 2.62. The molecule has 0 saturated carbocycles. The molecule has 30 heavy (non-hydrogen) atoms. The van der Waals surface area contributed by atoms with Crippen LogP contribution in [-0.2, 0) is 16.1 Å². The van der Waals surface area contributed by atoms with Crippen LogP contribution in [0.25, 0.3) is 0 Å². The monoisotopic (exact) mass is 459 g/mol. The normalized spacial score (nSPS) is 17.7. The Morgan fingerprint density at radius 2 is 1.93 bits per heavy atom. The molecule has 164 valence electrons. The van der Waals surface area contributed by atoms with E-state index in [1.54, 1.807) is 25.7 Å². The van der Waals surface area contributed by atoms with Crippen LogP contribution in [0.3, 0.4) is 0 Å². The maximum Gasteiger partial charge on any atom is 0.415 e. The SMILES string of the molecule is CC(C)(C)OC(=O)N1CCN(Cc2c(Cl)ccc(F)c2Cl)C(CC(=N)C(N)=O)C1=N. The number of primary amides is 1. The molecule has 0 radical (unpaired) electrons. The van der Waals surface area contributed by atoms with Gasteiger partial charge in [0, 0.05) is 36.6 Å². The van der Waals surface area contributed by atoms with Gasteiger partial charge >= 0.3 is 6.09 Å². The number of halogens is 3. The molecule has 1 aliphatic rings. The number of nitrogens with one attached hydrogen (secondary N) is 2. The van der Waals surface area contributed by atoms with Crippen LogP contribution < -0.4 is 5.73 Å². The molecule has 1 saturated heterocycles. The molecule has 0 bridgehead atoms. The van der Waals surface area contributed by atoms with E-state index in [4.69, 9.17) is 44.5 Å². The lowest BCUT2D eigenvalue weighted by molar-refractivity contribution is -0.112. The molecule has 0 aliphatic carbocycles. The number of carbonyl (C=O) groups excluding carboxylic acids is 2. The minimum atomic E-state index is -0.932. The van der Waals surface area contributed by atoms with Crippen molar-refractivity contribution in [3.05, 3.63) is 33.6 Å². The predicted molar refractivity (Wildman–Crippen MR) is 113 cm³/mol. The van der Waals surface area contributed by atoms with Crippen molar-refractivity contribution >= 4 is 46.7 Å². The van der Waals surface area contributed by atoms with Crippen molar-refractivity contribution in [3.63, 3.8) is 0 Å². The Kier molecular flexibility index (Phi) is 7.44. The zero-order chi connectivity index (χ0) is 22.8. The molecule has 11 heteroatoms. The molecule has 1 fully saturated rings. The Morgan fingerprint density at radius 1 is 1.30 bits per heavy atom. The molecule has 2 rings (SSSR count). The molecule has 2 amide bonds. The highest BCUT2D eigenvalue weighted by Crippen LogP contribution is 2.30. The lowest BCUT2D eigenvalue weighted by Crippen LogP contribution is -2.59. The summed E-state index contributed by atoms with van der Waals surface area (Å²) < 4.78 is 19.3. The standard InChI is InChI=1S/C19H24Cl2FN5O3/c1-19(2,3)30-18(29)27-7-6-26(14(16(27)24)8-13(23)17(25)28)9-10-11(20)4-5-12(22)15(10)21/h4-5,14,23-24H,6-9H2,1-3H3,(H2,25,28). The number of rotatable bonds is 5. The lowest BCUT2D eigenvalue weighted by atomic mass is 10.0. The lowest BCUT2D eigenvalue weighted by Gasteiger charge is -2.42. The summed E-state index contributed by atoms with van der Waals surface area (Å²) in [4.78, 5) is 26.8. The Morgan fingerprint density at radius 3 is 2.50 bits per heavy atom. The number of benzene rings is 1. The Balaban J connectivity index is 2.33. The van der Waals surface area contributed by atoms with Gasteiger partial charge in [0.2, 0.25) is 0 Å². The van der Waals surface area contributed by atoms with Crippen LogP contribution in [0, 0.1) is 16.6 Å². The second-order valence-electron chi connectivity index (χ2n) is 7.87. The van der Waals surface area contributed by atoms with Crippen LogP contribution in [-0.4, -0.2) is 58.1 Å². The van der Waals surface area contributed by atoms with Crippen molar-refractivity contribution in [1.82, 2.24) is 9.80 Å². The molecule has 1 aromatic carbocycles. The Labute approximate surface area is 184 Å². The van der Waals surface area contributed by atoms with Gasteiger partial charge in [0.1, 0.15) is 17.3 Å². The summed E-state index contributed by atoms with van der Waals surface area (Å²) in [5, 5.41) is 16.4. The molecule has 4 N–H and O–H groups in total. The van der Waals surface area contributed by atoms with E-state index < -0.39 is 35.2 Å². The second kappa shape index (κ2) is 9.28. The van der Waals surface area contributed by atoms with Crippen molar-refractivity contribution in [2.75, 3.05) is 13.1 Å². The summed E-state index contributed by atoms with van der Waals surface area (Å²) in [6.07, 6.45) is -0.914. The minimum Gasteiger partial charge on any atom is -0.443 e. The third kappa shape index (κ3) is 5.68. The molecule has 0 spiro atoms. The number of piperazine rings is 1. The van der Waals surface area contributed by atoms with Gasteiger partial charge in [0.05, 0.1) is 16.8 Å². The molecule has 1 atom stereocenters. The van der Waals surface area contributed by atoms with Crippen LogP contribution >= 0.6 is 23.2 Å². The summed E-state index contributed by atoms with van der Waals surface area (Å²) in [7, 11) is 0. The zero-order valence-electron chi connectivity index (χ0n) is 16.9. The van der Waals surface area contributed by atoms with E-state index in [1.165, 1.54) is 6.07 Å². The fraction of sp³-hybridized carbons (Fsp3) is 0.474. The topological polar surface area (TPSA) is 124 Å². The number of hydrogen-bond donors (Lipinski definition) is 3. The van der Waals surface area contributed by atoms with Crippen LogP contribution in [0.15, 0.2) is 12.1 Å². The van der Waals surface area contributed by atoms with Gasteiger partial charge in [-0.15, -0.1) is 0 Å². The molecular weight excluding hydrogens is 436 g/mol. The summed E-state index contributed by atoms with van der Waals surface area (Å²) >= 11 is 12.2. The predicted octanol–water partition coefficient (Wildman–Crippen LogP) is 3.43. The Hall–Kier alpha value is -2.23. The summed E-state index contributed by atoms with van der Waals surface area (Å²) in [6.45, 7) is 5.55. The number of nitrogens with two attached hydrogens (primary N) is 1. The quantitative estimate of drug-likeness (QED) is 0.460. The third-order valence-corrected chi connectivity index (χ3v) is 5.23. The molecule has 0 aromatic heterocycles. The number of nitrogens with zero attached hydrogens (tertiary/aromatic N) is 2. The Bertz CT molecular complexity index is 888. The van der Waals surface area contributed by atoms with E-state index in [2.05, 4.69) is 0 Å². The van der Waals surface area contributed by atoms with Crippen LogP contribution in [0.2, 0.25) is 10.0 Å².